The van der Waals surface area contributed by atoms with Crippen molar-refractivity contribution >= 4 is 0 Å². The van der Waals surface area contributed by atoms with Crippen LogP contribution in [0, 0.1) is 37.7 Å². The molecule has 4 nitrogen and oxygen atoms in total. The first-order valence-corrected chi connectivity index (χ1v) is 0.200. The van der Waals surface area contributed by atoms with Crippen molar-refractivity contribution in [2.75, 3.05) is 0 Å². The van der Waals surface area contributed by atoms with Crippen molar-refractivity contribution in [3.8, 4) is 0 Å². The van der Waals surface area contributed by atoms with Crippen LogP contribution in [0.3, 0.4) is 0 Å². The van der Waals surface area contributed by atoms with E-state index in [0.717, 1.165) is 0 Å². The van der Waals surface area contributed by atoms with Crippen molar-refractivity contribution in [1.29, 1.82) is 0 Å². The molecule has 0 aromatic heterocycles. The molecule has 0 amide bonds. The van der Waals surface area contributed by atoms with E-state index in [2.05, 4.69) is 0 Å². The molecule has 0 rings (SSSR count). The van der Waals surface area contributed by atoms with E-state index in [1.165, 1.54) is 0 Å². The van der Waals surface area contributed by atoms with Gasteiger partial charge in [0.2, 0.25) is 0 Å². The van der Waals surface area contributed by atoms with Gasteiger partial charge in [-0.05, 0) is 0 Å². The number of hydrogen-bond donors (Lipinski definition) is 3. The molecule has 0 radical (unpaired) electrons. The zero-order valence-corrected chi connectivity index (χ0v) is 3.40. The van der Waals surface area contributed by atoms with Gasteiger partial charge >= 0.3 is 0 Å². The van der Waals surface area contributed by atoms with Gasteiger partial charge in [0.25, 0.3) is 0 Å². The second kappa shape index (κ2) is 70.9. The largest absolute Gasteiger partial charge is 0.870 e. The molecule has 0 atom stereocenters. The van der Waals surface area contributed by atoms with Crippen LogP contribution in [0.25, 0.3) is 0 Å². The Kier molecular flexibility index (Phi) is 510. The molecule has 0 saturated carbocycles. The standard InChI is InChI=1S/Ar.H3N.H2O2.H2O/c;;1-2;/h;1H3;1-2H;1H2. The first-order chi connectivity index (χ1) is 1.00. The summed E-state index contributed by atoms with van der Waals surface area (Å²) in [5.41, 5.74) is 0. The van der Waals surface area contributed by atoms with Crippen LogP contribution >= 0.6 is 0 Å². The Morgan fingerprint density at radius 3 is 1.00 bits per heavy atom. The first-order valence-electron chi connectivity index (χ1n) is 0.200. The van der Waals surface area contributed by atoms with Gasteiger partial charge in [0.1, 0.15) is 0 Å². The van der Waals surface area contributed by atoms with Crippen molar-refractivity contribution in [2.45, 2.75) is 0 Å². The third kappa shape index (κ3) is 40.5. The van der Waals surface area contributed by atoms with Gasteiger partial charge in [-0.15, -0.1) is 0 Å². The summed E-state index contributed by atoms with van der Waals surface area (Å²) in [6.45, 7) is 0. The van der Waals surface area contributed by atoms with Crippen LogP contribution in [0.5, 0.6) is 0 Å². The smallest absolute Gasteiger partial charge is 0 e. The molecule has 0 bridgehead atoms. The van der Waals surface area contributed by atoms with Crippen molar-refractivity contribution < 1.29 is 53.7 Å². The molecule has 7 N–H and O–H groups in total. The maximum absolute atomic E-state index is 6.00. The van der Waals surface area contributed by atoms with Crippen LogP contribution in [0.1, 0.15) is 0 Å². The maximum atomic E-state index is 6.00. The minimum absolute atomic E-state index is 0. The van der Waals surface area contributed by atoms with Gasteiger partial charge in [-0.25, -0.2) is 0 Å². The monoisotopic (exact) mass is 109 g/mol. The molecular formula is H7ArNO3. The second-order valence-electron chi connectivity index (χ2n) is 0. The molecule has 0 saturated heterocycles. The molecule has 5 heavy (non-hydrogen) atoms. The zero-order chi connectivity index (χ0) is 2.00. The summed E-state index contributed by atoms with van der Waals surface area (Å²) in [5, 5.41) is 12.0. The molecular weight excluding hydrogens is 102 g/mol. The number of rotatable bonds is 0. The topological polar surface area (TPSA) is 107 Å². The minimum atomic E-state index is 0. The van der Waals surface area contributed by atoms with Crippen LogP contribution in [0.4, 0.5) is 0 Å². The quantitative estimate of drug-likeness (QED) is 0.305. The van der Waals surface area contributed by atoms with Gasteiger partial charge in [0.05, 0.1) is 0 Å². The Hall–Kier alpha value is 1.10. The molecule has 0 aliphatic carbocycles. The van der Waals surface area contributed by atoms with Crippen molar-refractivity contribution in [2.24, 2.45) is 0 Å². The average Bonchev–Trinajstić information content (AvgIpc) is 1.00. The van der Waals surface area contributed by atoms with Crippen LogP contribution in [0.15, 0.2) is 0 Å². The summed E-state index contributed by atoms with van der Waals surface area (Å²) in [4.78, 5) is 0. The summed E-state index contributed by atoms with van der Waals surface area (Å²) in [6.07, 6.45) is 0. The fourth-order valence-corrected chi connectivity index (χ4v) is 0. The van der Waals surface area contributed by atoms with E-state index in [9.17, 15) is 0 Å². The van der Waals surface area contributed by atoms with E-state index < -0.39 is 0 Å². The van der Waals surface area contributed by atoms with Gasteiger partial charge in [-0.1, -0.05) is 0 Å². The van der Waals surface area contributed by atoms with Gasteiger partial charge in [0.15, 0.2) is 0 Å². The summed E-state index contributed by atoms with van der Waals surface area (Å²) in [5.74, 6) is 0. The number of hydrogen-bond acceptors (Lipinski definition) is 3. The molecule has 0 aliphatic rings. The van der Waals surface area contributed by atoms with E-state index in [4.69, 9.17) is 10.5 Å². The zero-order valence-electron chi connectivity index (χ0n) is 2.70. The van der Waals surface area contributed by atoms with Crippen molar-refractivity contribution in [1.82, 2.24) is 6.15 Å². The Bertz CT molecular complexity index is 6.85. The SMILES string of the molecule is OO.[Ar].[NH4+].[OH-]. The summed E-state index contributed by atoms with van der Waals surface area (Å²) < 4.78 is 0. The Balaban J connectivity index is -0.00000000167. The normalized spacial score (nSPS) is 1.20. The second-order valence-corrected chi connectivity index (χ2v) is 0. The molecule has 5 heteroatoms. The molecule has 0 unspecified atom stereocenters. The van der Waals surface area contributed by atoms with Crippen LogP contribution in [0.2, 0.25) is 0 Å². The fraction of sp³-hybridized carbons (Fsp3) is 0. The number of quaternary nitrogens is 1. The Morgan fingerprint density at radius 2 is 1.00 bits per heavy atom. The predicted octanol–water partition coefficient (Wildman–Crippen LogP) is 0.217. The average molecular weight is 109 g/mol. The van der Waals surface area contributed by atoms with Crippen LogP contribution < -0.4 is 6.15 Å². The third-order valence-corrected chi connectivity index (χ3v) is 0. The summed E-state index contributed by atoms with van der Waals surface area (Å²) in [6, 6.07) is 0. The van der Waals surface area contributed by atoms with Gasteiger partial charge < -0.3 is 11.6 Å². The Morgan fingerprint density at radius 1 is 1.00 bits per heavy atom. The van der Waals surface area contributed by atoms with Crippen molar-refractivity contribution in [3.05, 3.63) is 0 Å². The van der Waals surface area contributed by atoms with Crippen molar-refractivity contribution in [3.63, 3.8) is 0 Å². The summed E-state index contributed by atoms with van der Waals surface area (Å²) >= 11 is 0. The van der Waals surface area contributed by atoms with E-state index in [-0.39, 0.29) is 49.4 Å². The molecule has 0 heterocycles. The molecule has 0 aromatic rings. The van der Waals surface area contributed by atoms with Gasteiger partial charge in [-0.2, -0.15) is 0 Å². The van der Waals surface area contributed by atoms with Gasteiger partial charge in [-0.3, -0.25) is 10.5 Å². The van der Waals surface area contributed by atoms with Gasteiger partial charge in [0, 0.05) is 37.7 Å². The third-order valence-electron chi connectivity index (χ3n) is 0. The molecule has 0 aliphatic heterocycles. The Labute approximate surface area is 59.6 Å². The van der Waals surface area contributed by atoms with E-state index in [0.29, 0.717) is 0 Å². The van der Waals surface area contributed by atoms with Crippen LogP contribution in [-0.4, -0.2) is 16.0 Å². The van der Waals surface area contributed by atoms with E-state index >= 15 is 0 Å². The molecule has 0 aromatic carbocycles. The summed E-state index contributed by atoms with van der Waals surface area (Å²) in [7, 11) is 0. The maximum Gasteiger partial charge on any atom is 0 e. The predicted molar refractivity (Wildman–Crippen MR) is 13.2 cm³/mol. The van der Waals surface area contributed by atoms with Crippen LogP contribution in [-0.2, 0) is 0 Å². The minimum Gasteiger partial charge on any atom is -0.870 e. The molecule has 38 valence electrons. The van der Waals surface area contributed by atoms with E-state index in [1.807, 2.05) is 0 Å². The fourth-order valence-electron chi connectivity index (χ4n) is 0. The molecule has 0 spiro atoms. The van der Waals surface area contributed by atoms with E-state index in [1.54, 1.807) is 0 Å². The molecule has 0 fully saturated rings. The first kappa shape index (κ1) is 36.0.